The number of amides is 1. The highest BCUT2D eigenvalue weighted by atomic mass is 35.5. The molecule has 0 aliphatic heterocycles. The van der Waals surface area contributed by atoms with Crippen LogP contribution in [0.2, 0.25) is 10.0 Å². The molecule has 1 N–H and O–H groups in total. The third kappa shape index (κ3) is 6.40. The second-order valence-corrected chi connectivity index (χ2v) is 6.47. The zero-order valence-electron chi connectivity index (χ0n) is 14.2. The van der Waals surface area contributed by atoms with Gasteiger partial charge in [-0.2, -0.15) is 5.10 Å². The summed E-state index contributed by atoms with van der Waals surface area (Å²) < 4.78 is 5.66. The monoisotopic (exact) mass is 378 g/mol. The van der Waals surface area contributed by atoms with E-state index in [1.165, 1.54) is 0 Å². The van der Waals surface area contributed by atoms with Gasteiger partial charge in [-0.15, -0.1) is 0 Å². The fourth-order valence-electron chi connectivity index (χ4n) is 2.15. The predicted molar refractivity (Wildman–Crippen MR) is 103 cm³/mol. The second kappa shape index (κ2) is 9.44. The summed E-state index contributed by atoms with van der Waals surface area (Å²) in [5.41, 5.74) is 5.16. The summed E-state index contributed by atoms with van der Waals surface area (Å²) in [4.78, 5) is 11.8. The summed E-state index contributed by atoms with van der Waals surface area (Å²) in [5.74, 6) is 0.631. The Kier molecular flexibility index (Phi) is 7.29. The molecule has 0 aromatic heterocycles. The summed E-state index contributed by atoms with van der Waals surface area (Å²) in [6.45, 7) is 4.22. The number of aryl methyl sites for hydroxylation is 1. The molecular formula is C19H20Cl2N2O2. The first-order valence-electron chi connectivity index (χ1n) is 7.94. The summed E-state index contributed by atoms with van der Waals surface area (Å²) >= 11 is 11.8. The van der Waals surface area contributed by atoms with Gasteiger partial charge in [0.15, 0.2) is 0 Å². The summed E-state index contributed by atoms with van der Waals surface area (Å²) in [6, 6.07) is 12.7. The average Bonchev–Trinajstić information content (AvgIpc) is 2.58. The number of halogens is 2. The van der Waals surface area contributed by atoms with Crippen molar-refractivity contribution in [1.29, 1.82) is 0 Å². The largest absolute Gasteiger partial charge is 0.493 e. The first kappa shape index (κ1) is 19.3. The minimum Gasteiger partial charge on any atom is -0.493 e. The molecule has 1 amide bonds. The van der Waals surface area contributed by atoms with Gasteiger partial charge in [-0.05, 0) is 61.7 Å². The maximum atomic E-state index is 11.8. The van der Waals surface area contributed by atoms with Crippen LogP contribution in [0.1, 0.15) is 30.9 Å². The van der Waals surface area contributed by atoms with Crippen LogP contribution in [-0.4, -0.2) is 18.2 Å². The Morgan fingerprint density at radius 1 is 1.12 bits per heavy atom. The van der Waals surface area contributed by atoms with Crippen molar-refractivity contribution in [3.8, 4) is 5.75 Å². The fraction of sp³-hybridized carbons (Fsp3) is 0.263. The first-order chi connectivity index (χ1) is 12.0. The molecule has 0 bridgehead atoms. The standard InChI is InChI=1S/C19H20Cl2N2O2/c1-13-12-17(21)9-10-18(13)25-11-3-4-19(24)23-22-14(2)15-5-7-16(20)8-6-15/h5-10,12H,3-4,11H2,1-2H3,(H,23,24)/b22-14+. The third-order valence-corrected chi connectivity index (χ3v) is 4.04. The van der Waals surface area contributed by atoms with Crippen LogP contribution in [0.3, 0.4) is 0 Å². The maximum Gasteiger partial charge on any atom is 0.240 e. The highest BCUT2D eigenvalue weighted by Crippen LogP contribution is 2.21. The SMILES string of the molecule is C/C(=N\NC(=O)CCCOc1ccc(Cl)cc1C)c1ccc(Cl)cc1. The van der Waals surface area contributed by atoms with Gasteiger partial charge >= 0.3 is 0 Å². The quantitative estimate of drug-likeness (QED) is 0.418. The van der Waals surface area contributed by atoms with E-state index < -0.39 is 0 Å². The van der Waals surface area contributed by atoms with E-state index in [1.807, 2.05) is 38.1 Å². The van der Waals surface area contributed by atoms with Crippen LogP contribution in [0.4, 0.5) is 0 Å². The van der Waals surface area contributed by atoms with Crippen LogP contribution in [0, 0.1) is 6.92 Å². The normalized spacial score (nSPS) is 11.3. The van der Waals surface area contributed by atoms with E-state index >= 15 is 0 Å². The lowest BCUT2D eigenvalue weighted by molar-refractivity contribution is -0.121. The number of benzene rings is 2. The lowest BCUT2D eigenvalue weighted by atomic mass is 10.1. The number of rotatable bonds is 7. The van der Waals surface area contributed by atoms with Crippen molar-refractivity contribution in [3.05, 3.63) is 63.6 Å². The smallest absolute Gasteiger partial charge is 0.240 e. The van der Waals surface area contributed by atoms with Gasteiger partial charge < -0.3 is 4.74 Å². The van der Waals surface area contributed by atoms with Gasteiger partial charge in [0.25, 0.3) is 0 Å². The molecule has 0 aliphatic rings. The fourth-order valence-corrected chi connectivity index (χ4v) is 2.50. The average molecular weight is 379 g/mol. The molecule has 0 saturated carbocycles. The highest BCUT2D eigenvalue weighted by molar-refractivity contribution is 6.31. The van der Waals surface area contributed by atoms with E-state index in [9.17, 15) is 4.79 Å². The Balaban J connectivity index is 1.73. The van der Waals surface area contributed by atoms with Crippen LogP contribution in [0.25, 0.3) is 0 Å². The van der Waals surface area contributed by atoms with Crippen molar-refractivity contribution < 1.29 is 9.53 Å². The zero-order valence-corrected chi connectivity index (χ0v) is 15.7. The van der Waals surface area contributed by atoms with Gasteiger partial charge in [0.1, 0.15) is 5.75 Å². The maximum absolute atomic E-state index is 11.8. The number of ether oxygens (including phenoxy) is 1. The van der Waals surface area contributed by atoms with Crippen LogP contribution < -0.4 is 10.2 Å². The van der Waals surface area contributed by atoms with E-state index in [2.05, 4.69) is 10.5 Å². The molecule has 2 rings (SSSR count). The van der Waals surface area contributed by atoms with E-state index in [-0.39, 0.29) is 5.91 Å². The molecule has 0 aliphatic carbocycles. The Morgan fingerprint density at radius 2 is 1.80 bits per heavy atom. The Bertz CT molecular complexity index is 759. The van der Waals surface area contributed by atoms with Crippen LogP contribution in [0.15, 0.2) is 47.6 Å². The Labute approximate surface area is 157 Å². The zero-order chi connectivity index (χ0) is 18.2. The van der Waals surface area contributed by atoms with E-state index in [0.29, 0.717) is 29.5 Å². The molecule has 0 radical (unpaired) electrons. The molecule has 0 unspecified atom stereocenters. The van der Waals surface area contributed by atoms with Crippen molar-refractivity contribution in [3.63, 3.8) is 0 Å². The van der Waals surface area contributed by atoms with Crippen molar-refractivity contribution in [2.75, 3.05) is 6.61 Å². The molecular weight excluding hydrogens is 359 g/mol. The lowest BCUT2D eigenvalue weighted by Crippen LogP contribution is -2.19. The van der Waals surface area contributed by atoms with Gasteiger partial charge in [-0.25, -0.2) is 5.43 Å². The topological polar surface area (TPSA) is 50.7 Å². The number of carbonyl (C=O) groups is 1. The Hall–Kier alpha value is -2.04. The number of nitrogens with zero attached hydrogens (tertiary/aromatic N) is 1. The highest BCUT2D eigenvalue weighted by Gasteiger charge is 2.04. The van der Waals surface area contributed by atoms with Gasteiger partial charge in [0, 0.05) is 16.5 Å². The molecule has 0 fully saturated rings. The number of carbonyl (C=O) groups excluding carboxylic acids is 1. The molecule has 25 heavy (non-hydrogen) atoms. The molecule has 132 valence electrons. The molecule has 0 atom stereocenters. The van der Waals surface area contributed by atoms with E-state index in [0.717, 1.165) is 22.6 Å². The lowest BCUT2D eigenvalue weighted by Gasteiger charge is -2.09. The number of hydrazone groups is 1. The molecule has 2 aromatic carbocycles. The molecule has 0 heterocycles. The number of hydrogen-bond donors (Lipinski definition) is 1. The molecule has 6 heteroatoms. The minimum atomic E-state index is -0.148. The van der Waals surface area contributed by atoms with Crippen molar-refractivity contribution in [2.24, 2.45) is 5.10 Å². The minimum absolute atomic E-state index is 0.148. The van der Waals surface area contributed by atoms with Crippen molar-refractivity contribution in [1.82, 2.24) is 5.43 Å². The van der Waals surface area contributed by atoms with Crippen molar-refractivity contribution >= 4 is 34.8 Å². The molecule has 0 saturated heterocycles. The van der Waals surface area contributed by atoms with Gasteiger partial charge in [-0.3, -0.25) is 4.79 Å². The van der Waals surface area contributed by atoms with Crippen LogP contribution >= 0.6 is 23.2 Å². The second-order valence-electron chi connectivity index (χ2n) is 5.60. The summed E-state index contributed by atoms with van der Waals surface area (Å²) in [5, 5.41) is 5.45. The Morgan fingerprint density at radius 3 is 2.48 bits per heavy atom. The molecule has 4 nitrogen and oxygen atoms in total. The molecule has 2 aromatic rings. The molecule has 0 spiro atoms. The van der Waals surface area contributed by atoms with E-state index in [1.54, 1.807) is 18.2 Å². The van der Waals surface area contributed by atoms with Gasteiger partial charge in [0.2, 0.25) is 5.91 Å². The van der Waals surface area contributed by atoms with Gasteiger partial charge in [0.05, 0.1) is 12.3 Å². The van der Waals surface area contributed by atoms with Crippen LogP contribution in [-0.2, 0) is 4.79 Å². The first-order valence-corrected chi connectivity index (χ1v) is 8.69. The van der Waals surface area contributed by atoms with Gasteiger partial charge in [-0.1, -0.05) is 35.3 Å². The van der Waals surface area contributed by atoms with Crippen LogP contribution in [0.5, 0.6) is 5.75 Å². The summed E-state index contributed by atoms with van der Waals surface area (Å²) in [7, 11) is 0. The predicted octanol–water partition coefficient (Wildman–Crippen LogP) is 5.00. The van der Waals surface area contributed by atoms with E-state index in [4.69, 9.17) is 27.9 Å². The van der Waals surface area contributed by atoms with Crippen molar-refractivity contribution in [2.45, 2.75) is 26.7 Å². The number of nitrogens with one attached hydrogen (secondary N) is 1. The number of hydrogen-bond acceptors (Lipinski definition) is 3. The summed E-state index contributed by atoms with van der Waals surface area (Å²) in [6.07, 6.45) is 0.938. The third-order valence-electron chi connectivity index (χ3n) is 3.55.